The van der Waals surface area contributed by atoms with Gasteiger partial charge in [0, 0.05) is 6.42 Å². The van der Waals surface area contributed by atoms with Crippen LogP contribution in [0.4, 0.5) is 0 Å². The Balaban J connectivity index is 4.70. The zero-order chi connectivity index (χ0) is 10.5. The van der Waals surface area contributed by atoms with Crippen molar-refractivity contribution in [3.05, 3.63) is 9.81 Å². The molecule has 0 unspecified atom stereocenters. The van der Waals surface area contributed by atoms with Crippen molar-refractivity contribution in [2.75, 3.05) is 6.54 Å². The van der Waals surface area contributed by atoms with E-state index in [0.29, 0.717) is 6.42 Å². The van der Waals surface area contributed by atoms with Crippen molar-refractivity contribution in [1.82, 2.24) is 0 Å². The van der Waals surface area contributed by atoms with E-state index in [1.54, 1.807) is 0 Å². The zero-order valence-corrected chi connectivity index (χ0v) is 7.14. The molecule has 0 aromatic carbocycles. The van der Waals surface area contributed by atoms with E-state index in [0.717, 1.165) is 0 Å². The van der Waals surface area contributed by atoms with E-state index in [1.165, 1.54) is 0 Å². The van der Waals surface area contributed by atoms with Crippen LogP contribution in [0.25, 0.3) is 0 Å². The van der Waals surface area contributed by atoms with Crippen LogP contribution in [-0.4, -0.2) is 18.0 Å². The van der Waals surface area contributed by atoms with Gasteiger partial charge in [0.05, 0.1) is 0 Å². The summed E-state index contributed by atoms with van der Waals surface area (Å²) in [4.78, 5) is 20.8. The predicted octanol–water partition coefficient (Wildman–Crippen LogP) is -1.52. The standard InChI is InChI=1S/C5H14N6O2/c6-3-1-2-4(10-12,11-13)5(7,8)9/h1-3,6-9H2. The maximum absolute atomic E-state index is 10.4. The van der Waals surface area contributed by atoms with Gasteiger partial charge in [-0.05, 0) is 23.3 Å². The van der Waals surface area contributed by atoms with Crippen molar-refractivity contribution < 1.29 is 0 Å². The highest BCUT2D eigenvalue weighted by Crippen LogP contribution is 2.24. The Bertz CT molecular complexity index is 180. The van der Waals surface area contributed by atoms with Crippen LogP contribution in [0.3, 0.4) is 0 Å². The SMILES string of the molecule is NCCCC(N=O)(N=O)C(N)(N)N. The van der Waals surface area contributed by atoms with Gasteiger partial charge < -0.3 is 5.73 Å². The molecule has 0 aromatic rings. The molecule has 8 nitrogen and oxygen atoms in total. The lowest BCUT2D eigenvalue weighted by Gasteiger charge is -2.30. The molecule has 0 rings (SSSR count). The summed E-state index contributed by atoms with van der Waals surface area (Å²) in [5.74, 6) is -2.05. The first-order chi connectivity index (χ1) is 5.93. The lowest BCUT2D eigenvalue weighted by atomic mass is 9.98. The fourth-order valence-electron chi connectivity index (χ4n) is 0.831. The molecule has 0 spiro atoms. The van der Waals surface area contributed by atoms with Gasteiger partial charge in [0.25, 0.3) is 5.66 Å². The molecule has 0 bridgehead atoms. The highest BCUT2D eigenvalue weighted by atomic mass is 16.3. The summed E-state index contributed by atoms with van der Waals surface area (Å²) in [7, 11) is 0. The number of rotatable bonds is 6. The van der Waals surface area contributed by atoms with Gasteiger partial charge in [0.15, 0.2) is 5.79 Å². The molecule has 13 heavy (non-hydrogen) atoms. The number of hydrogen-bond donors (Lipinski definition) is 4. The maximum atomic E-state index is 10.4. The molecule has 0 fully saturated rings. The van der Waals surface area contributed by atoms with Gasteiger partial charge in [-0.3, -0.25) is 17.2 Å². The van der Waals surface area contributed by atoms with E-state index in [4.69, 9.17) is 22.9 Å². The van der Waals surface area contributed by atoms with Crippen molar-refractivity contribution in [3.63, 3.8) is 0 Å². The van der Waals surface area contributed by atoms with Crippen molar-refractivity contribution in [1.29, 1.82) is 0 Å². The molecule has 0 saturated heterocycles. The third kappa shape index (κ3) is 2.49. The second-order valence-electron chi connectivity index (χ2n) is 2.82. The van der Waals surface area contributed by atoms with E-state index in [2.05, 4.69) is 10.4 Å². The highest BCUT2D eigenvalue weighted by Gasteiger charge is 2.48. The fourth-order valence-corrected chi connectivity index (χ4v) is 0.831. The average Bonchev–Trinajstić information content (AvgIpc) is 2.05. The number of nitrogens with zero attached hydrogens (tertiary/aromatic N) is 2. The average molecular weight is 190 g/mol. The van der Waals surface area contributed by atoms with Crippen molar-refractivity contribution >= 4 is 0 Å². The Morgan fingerprint density at radius 1 is 1.08 bits per heavy atom. The summed E-state index contributed by atoms with van der Waals surface area (Å²) in [6, 6.07) is 0. The molecule has 0 radical (unpaired) electrons. The van der Waals surface area contributed by atoms with Gasteiger partial charge in [0.1, 0.15) is 0 Å². The predicted molar refractivity (Wildman–Crippen MR) is 47.9 cm³/mol. The number of nitroso groups, excluding NO2 is 2. The molecule has 0 atom stereocenters. The van der Waals surface area contributed by atoms with Crippen molar-refractivity contribution in [2.24, 2.45) is 33.3 Å². The molecule has 76 valence electrons. The van der Waals surface area contributed by atoms with E-state index in [9.17, 15) is 9.81 Å². The van der Waals surface area contributed by atoms with Crippen LogP contribution >= 0.6 is 0 Å². The van der Waals surface area contributed by atoms with Gasteiger partial charge in [-0.15, -0.1) is 9.81 Å². The van der Waals surface area contributed by atoms with E-state index in [1.807, 2.05) is 0 Å². The third-order valence-electron chi connectivity index (χ3n) is 1.73. The van der Waals surface area contributed by atoms with Crippen molar-refractivity contribution in [2.45, 2.75) is 24.3 Å². The van der Waals surface area contributed by atoms with Crippen LogP contribution in [0.1, 0.15) is 12.8 Å². The van der Waals surface area contributed by atoms with Crippen LogP contribution in [0.15, 0.2) is 10.4 Å². The molecular formula is C5H14N6O2. The minimum atomic E-state index is -2.05. The van der Waals surface area contributed by atoms with Crippen molar-refractivity contribution in [3.8, 4) is 0 Å². The topological polar surface area (TPSA) is 163 Å². The van der Waals surface area contributed by atoms with E-state index >= 15 is 0 Å². The monoisotopic (exact) mass is 190 g/mol. The van der Waals surface area contributed by atoms with Gasteiger partial charge >= 0.3 is 0 Å². The summed E-state index contributed by atoms with van der Waals surface area (Å²) >= 11 is 0. The van der Waals surface area contributed by atoms with Gasteiger partial charge in [-0.2, -0.15) is 0 Å². The molecule has 0 aliphatic rings. The minimum absolute atomic E-state index is 0.0556. The van der Waals surface area contributed by atoms with Crippen LogP contribution in [0.5, 0.6) is 0 Å². The fraction of sp³-hybridized carbons (Fsp3) is 1.00. The second kappa shape index (κ2) is 4.33. The van der Waals surface area contributed by atoms with Crippen LogP contribution in [-0.2, 0) is 0 Å². The van der Waals surface area contributed by atoms with Crippen LogP contribution in [0.2, 0.25) is 0 Å². The molecule has 8 heteroatoms. The molecule has 0 heterocycles. The maximum Gasteiger partial charge on any atom is 0.276 e. The minimum Gasteiger partial charge on any atom is -0.330 e. The molecule has 8 N–H and O–H groups in total. The third-order valence-corrected chi connectivity index (χ3v) is 1.73. The lowest BCUT2D eigenvalue weighted by Crippen LogP contribution is -2.71. The molecular weight excluding hydrogens is 176 g/mol. The lowest BCUT2D eigenvalue weighted by molar-refractivity contribution is 0.220. The normalized spacial score (nSPS) is 12.6. The molecule has 0 aromatic heterocycles. The summed E-state index contributed by atoms with van der Waals surface area (Å²) in [5, 5.41) is 4.97. The quantitative estimate of drug-likeness (QED) is 0.293. The summed E-state index contributed by atoms with van der Waals surface area (Å²) in [6.07, 6.45) is 0.283. The summed E-state index contributed by atoms with van der Waals surface area (Å²) in [5.41, 5.74) is 18.8. The summed E-state index contributed by atoms with van der Waals surface area (Å²) < 4.78 is 0. The smallest absolute Gasteiger partial charge is 0.276 e. The van der Waals surface area contributed by atoms with E-state index < -0.39 is 11.4 Å². The Hall–Kier alpha value is -0.960. The van der Waals surface area contributed by atoms with Gasteiger partial charge in [-0.25, -0.2) is 0 Å². The zero-order valence-electron chi connectivity index (χ0n) is 7.14. The molecule has 0 aliphatic heterocycles. The van der Waals surface area contributed by atoms with Gasteiger partial charge in [0.2, 0.25) is 0 Å². The first-order valence-corrected chi connectivity index (χ1v) is 3.69. The Kier molecular flexibility index (Phi) is 4.01. The van der Waals surface area contributed by atoms with E-state index in [-0.39, 0.29) is 13.0 Å². The first-order valence-electron chi connectivity index (χ1n) is 3.69. The molecule has 0 amide bonds. The van der Waals surface area contributed by atoms with Crippen LogP contribution < -0.4 is 22.9 Å². The number of hydrogen-bond acceptors (Lipinski definition) is 8. The highest BCUT2D eigenvalue weighted by molar-refractivity contribution is 4.99. The largest absolute Gasteiger partial charge is 0.330 e. The Morgan fingerprint density at radius 2 is 1.54 bits per heavy atom. The van der Waals surface area contributed by atoms with Gasteiger partial charge in [-0.1, -0.05) is 0 Å². The first kappa shape index (κ1) is 12.0. The van der Waals surface area contributed by atoms with Crippen LogP contribution in [0, 0.1) is 9.81 Å². The number of nitrogens with two attached hydrogens (primary N) is 4. The second-order valence-corrected chi connectivity index (χ2v) is 2.82. The Labute approximate surface area is 74.9 Å². The Morgan fingerprint density at radius 3 is 1.77 bits per heavy atom. The molecule has 0 aliphatic carbocycles. The molecule has 0 saturated carbocycles. The summed E-state index contributed by atoms with van der Waals surface area (Å²) in [6.45, 7) is 0.267.